The van der Waals surface area contributed by atoms with Crippen LogP contribution in [-0.2, 0) is 0 Å². The summed E-state index contributed by atoms with van der Waals surface area (Å²) >= 11 is 1.84. The van der Waals surface area contributed by atoms with Crippen LogP contribution in [0.3, 0.4) is 0 Å². The number of aromatic carboxylic acids is 1. The number of anilines is 1. The van der Waals surface area contributed by atoms with Crippen molar-refractivity contribution < 1.29 is 9.90 Å². The number of aromatic nitrogens is 2. The van der Waals surface area contributed by atoms with Crippen molar-refractivity contribution in [2.45, 2.75) is 19.3 Å². The van der Waals surface area contributed by atoms with E-state index in [4.69, 9.17) is 5.11 Å². The highest BCUT2D eigenvalue weighted by molar-refractivity contribution is 7.98. The van der Waals surface area contributed by atoms with Crippen LogP contribution in [0.25, 0.3) is 0 Å². The molecule has 0 unspecified atom stereocenters. The zero-order valence-electron chi connectivity index (χ0n) is 9.85. The van der Waals surface area contributed by atoms with E-state index < -0.39 is 5.97 Å². The van der Waals surface area contributed by atoms with E-state index in [1.54, 1.807) is 0 Å². The Morgan fingerprint density at radius 1 is 1.35 bits per heavy atom. The van der Waals surface area contributed by atoms with Gasteiger partial charge >= 0.3 is 5.97 Å². The fourth-order valence-electron chi connectivity index (χ4n) is 1.38. The van der Waals surface area contributed by atoms with E-state index in [-0.39, 0.29) is 5.69 Å². The molecule has 0 amide bonds. The third kappa shape index (κ3) is 5.04. The van der Waals surface area contributed by atoms with Crippen molar-refractivity contribution in [2.24, 2.45) is 0 Å². The van der Waals surface area contributed by atoms with E-state index in [9.17, 15) is 4.79 Å². The molecule has 0 aliphatic rings. The first-order valence-electron chi connectivity index (χ1n) is 5.53. The second kappa shape index (κ2) is 7.89. The van der Waals surface area contributed by atoms with Gasteiger partial charge in [0.2, 0.25) is 0 Å². The number of rotatable bonds is 8. The third-order valence-corrected chi connectivity index (χ3v) is 2.92. The van der Waals surface area contributed by atoms with Crippen LogP contribution in [0.2, 0.25) is 0 Å². The van der Waals surface area contributed by atoms with Crippen LogP contribution in [0.4, 0.5) is 5.82 Å². The Hall–Kier alpha value is -1.30. The maximum atomic E-state index is 10.9. The molecule has 6 heteroatoms. The smallest absolute Gasteiger partial charge is 0.358 e. The fourth-order valence-corrected chi connectivity index (χ4v) is 1.87. The minimum Gasteiger partial charge on any atom is -0.476 e. The topological polar surface area (TPSA) is 75.1 Å². The monoisotopic (exact) mass is 255 g/mol. The van der Waals surface area contributed by atoms with Crippen molar-refractivity contribution in [3.05, 3.63) is 18.1 Å². The average Bonchev–Trinajstić information content (AvgIpc) is 2.34. The lowest BCUT2D eigenvalue weighted by Gasteiger charge is -2.06. The number of thioether (sulfide) groups is 1. The summed E-state index contributed by atoms with van der Waals surface area (Å²) < 4.78 is 0. The van der Waals surface area contributed by atoms with Crippen LogP contribution in [0.15, 0.2) is 12.4 Å². The van der Waals surface area contributed by atoms with Gasteiger partial charge in [-0.2, -0.15) is 11.8 Å². The molecule has 2 N–H and O–H groups in total. The van der Waals surface area contributed by atoms with Gasteiger partial charge in [-0.15, -0.1) is 0 Å². The van der Waals surface area contributed by atoms with Crippen LogP contribution in [0, 0.1) is 0 Å². The van der Waals surface area contributed by atoms with Gasteiger partial charge in [0.05, 0.1) is 0 Å². The summed E-state index contributed by atoms with van der Waals surface area (Å²) in [6.45, 7) is 0.730. The predicted molar refractivity (Wildman–Crippen MR) is 69.7 cm³/mol. The Kier molecular flexibility index (Phi) is 6.39. The Morgan fingerprint density at radius 3 is 2.82 bits per heavy atom. The Morgan fingerprint density at radius 2 is 2.12 bits per heavy atom. The molecule has 0 saturated carbocycles. The lowest BCUT2D eigenvalue weighted by molar-refractivity contribution is 0.0691. The van der Waals surface area contributed by atoms with E-state index in [1.807, 2.05) is 11.8 Å². The Bertz CT molecular complexity index is 360. The molecular formula is C11H17N3O2S. The maximum absolute atomic E-state index is 10.9. The molecule has 1 aromatic heterocycles. The Balaban J connectivity index is 2.34. The van der Waals surface area contributed by atoms with Gasteiger partial charge in [0.25, 0.3) is 0 Å². The molecular weight excluding hydrogens is 238 g/mol. The molecule has 0 fully saturated rings. The summed E-state index contributed by atoms with van der Waals surface area (Å²) in [5.74, 6) is 0.471. The lowest BCUT2D eigenvalue weighted by atomic mass is 10.2. The Labute approximate surface area is 105 Å². The quantitative estimate of drug-likeness (QED) is 0.693. The van der Waals surface area contributed by atoms with E-state index in [2.05, 4.69) is 21.5 Å². The van der Waals surface area contributed by atoms with Crippen molar-refractivity contribution in [1.82, 2.24) is 9.97 Å². The zero-order chi connectivity index (χ0) is 12.5. The van der Waals surface area contributed by atoms with Gasteiger partial charge in [0.1, 0.15) is 0 Å². The fraction of sp³-hybridized carbons (Fsp3) is 0.545. The summed E-state index contributed by atoms with van der Waals surface area (Å²) in [5.41, 5.74) is -0.0170. The molecule has 0 bridgehead atoms. The molecule has 0 saturated heterocycles. The van der Waals surface area contributed by atoms with Gasteiger partial charge in [-0.3, -0.25) is 0 Å². The highest BCUT2D eigenvalue weighted by Gasteiger charge is 2.11. The normalized spacial score (nSPS) is 10.2. The van der Waals surface area contributed by atoms with Crippen molar-refractivity contribution in [3.8, 4) is 0 Å². The third-order valence-electron chi connectivity index (χ3n) is 2.22. The number of carbonyl (C=O) groups is 1. The van der Waals surface area contributed by atoms with Crippen LogP contribution in [0.5, 0.6) is 0 Å². The highest BCUT2D eigenvalue weighted by atomic mass is 32.2. The number of carboxylic acid groups (broad SMARTS) is 1. The van der Waals surface area contributed by atoms with Gasteiger partial charge in [-0.25, -0.2) is 14.8 Å². The molecule has 1 heterocycles. The molecule has 1 rings (SSSR count). The van der Waals surface area contributed by atoms with Gasteiger partial charge < -0.3 is 10.4 Å². The van der Waals surface area contributed by atoms with Crippen LogP contribution < -0.4 is 5.32 Å². The highest BCUT2D eigenvalue weighted by Crippen LogP contribution is 2.09. The molecule has 0 aliphatic heterocycles. The molecule has 1 aromatic rings. The SMILES string of the molecule is CSCCCCCNc1nccnc1C(=O)O. The van der Waals surface area contributed by atoms with Crippen molar-refractivity contribution in [3.63, 3.8) is 0 Å². The summed E-state index contributed by atoms with van der Waals surface area (Å²) in [6, 6.07) is 0. The van der Waals surface area contributed by atoms with E-state index in [0.717, 1.165) is 19.4 Å². The number of hydrogen-bond acceptors (Lipinski definition) is 5. The molecule has 0 aliphatic carbocycles. The second-order valence-electron chi connectivity index (χ2n) is 3.54. The van der Waals surface area contributed by atoms with E-state index in [1.165, 1.54) is 24.6 Å². The lowest BCUT2D eigenvalue weighted by Crippen LogP contribution is -2.11. The number of nitrogens with one attached hydrogen (secondary N) is 1. The first-order valence-corrected chi connectivity index (χ1v) is 6.92. The van der Waals surface area contributed by atoms with E-state index in [0.29, 0.717) is 5.82 Å². The standard InChI is InChI=1S/C11H17N3O2S/c1-17-8-4-2-3-5-13-10-9(11(15)16)12-6-7-14-10/h6-7H,2-5,8H2,1H3,(H,13,14)(H,15,16). The van der Waals surface area contributed by atoms with Gasteiger partial charge in [-0.1, -0.05) is 6.42 Å². The van der Waals surface area contributed by atoms with E-state index >= 15 is 0 Å². The average molecular weight is 255 g/mol. The number of nitrogens with zero attached hydrogens (tertiary/aromatic N) is 2. The molecule has 5 nitrogen and oxygen atoms in total. The van der Waals surface area contributed by atoms with Crippen LogP contribution in [-0.4, -0.2) is 39.6 Å². The zero-order valence-corrected chi connectivity index (χ0v) is 10.7. The predicted octanol–water partition coefficient (Wildman–Crippen LogP) is 2.12. The summed E-state index contributed by atoms with van der Waals surface area (Å²) in [5, 5.41) is 11.9. The summed E-state index contributed by atoms with van der Waals surface area (Å²) in [6.07, 6.45) is 8.30. The summed E-state index contributed by atoms with van der Waals surface area (Å²) in [4.78, 5) is 18.6. The molecule has 94 valence electrons. The second-order valence-corrected chi connectivity index (χ2v) is 4.52. The van der Waals surface area contributed by atoms with Crippen molar-refractivity contribution >= 4 is 23.5 Å². The number of unbranched alkanes of at least 4 members (excludes halogenated alkanes) is 2. The van der Waals surface area contributed by atoms with Crippen LogP contribution >= 0.6 is 11.8 Å². The van der Waals surface area contributed by atoms with Crippen molar-refractivity contribution in [1.29, 1.82) is 0 Å². The van der Waals surface area contributed by atoms with Crippen LogP contribution in [0.1, 0.15) is 29.8 Å². The molecule has 17 heavy (non-hydrogen) atoms. The largest absolute Gasteiger partial charge is 0.476 e. The molecule has 0 radical (unpaired) electrons. The van der Waals surface area contributed by atoms with Gasteiger partial charge in [0, 0.05) is 18.9 Å². The molecule has 0 spiro atoms. The van der Waals surface area contributed by atoms with Crippen molar-refractivity contribution in [2.75, 3.05) is 23.9 Å². The number of hydrogen-bond donors (Lipinski definition) is 2. The molecule has 0 atom stereocenters. The van der Waals surface area contributed by atoms with Gasteiger partial charge in [0.15, 0.2) is 11.5 Å². The summed E-state index contributed by atoms with van der Waals surface area (Å²) in [7, 11) is 0. The molecule has 0 aromatic carbocycles. The first-order chi connectivity index (χ1) is 8.25. The maximum Gasteiger partial charge on any atom is 0.358 e. The number of carboxylic acids is 1. The first kappa shape index (κ1) is 13.8. The minimum atomic E-state index is -1.05. The van der Waals surface area contributed by atoms with Gasteiger partial charge in [-0.05, 0) is 24.9 Å². The minimum absolute atomic E-state index is 0.0170.